The third-order valence-corrected chi connectivity index (χ3v) is 1.74. The molecule has 0 aliphatic heterocycles. The number of allylic oxidation sites excluding steroid dienone is 5. The maximum Gasteiger partial charge on any atom is 0.170 e. The first-order chi connectivity index (χ1) is 7.42. The number of aliphatic hydroxyl groups is 2. The van der Waals surface area contributed by atoms with E-state index in [2.05, 4.69) is 6.58 Å². The van der Waals surface area contributed by atoms with Crippen LogP contribution in [0.1, 0.15) is 13.8 Å². The van der Waals surface area contributed by atoms with Crippen LogP contribution in [0.5, 0.6) is 0 Å². The minimum atomic E-state index is -0.478. The van der Waals surface area contributed by atoms with Crippen molar-refractivity contribution in [1.29, 1.82) is 5.26 Å². The number of carbonyl (C=O) groups excluding carboxylic acids is 1. The highest BCUT2D eigenvalue weighted by atomic mass is 16.3. The molecule has 0 aliphatic rings. The van der Waals surface area contributed by atoms with Gasteiger partial charge in [0.1, 0.15) is 11.8 Å². The summed E-state index contributed by atoms with van der Waals surface area (Å²) in [6, 6.07) is 1.74. The minimum absolute atomic E-state index is 0.0271. The van der Waals surface area contributed by atoms with Gasteiger partial charge >= 0.3 is 0 Å². The standard InChI is InChI=1S/C12H13NO3/c1-4-10(6-12(16)9(3)15)5-11(7-13)8(2)14/h4-6,15-16H,3H2,1-2H3/b10-4-,11-5+,12-6+. The lowest BCUT2D eigenvalue weighted by atomic mass is 10.1. The van der Waals surface area contributed by atoms with Crippen molar-refractivity contribution in [1.82, 2.24) is 0 Å². The number of nitrogens with zero attached hydrogens (tertiary/aromatic N) is 1. The van der Waals surface area contributed by atoms with E-state index < -0.39 is 11.5 Å². The maximum atomic E-state index is 11.0. The molecule has 0 fully saturated rings. The molecule has 84 valence electrons. The Morgan fingerprint density at radius 2 is 1.94 bits per heavy atom. The third-order valence-electron chi connectivity index (χ3n) is 1.74. The first-order valence-corrected chi connectivity index (χ1v) is 4.50. The lowest BCUT2D eigenvalue weighted by Gasteiger charge is -1.98. The average molecular weight is 219 g/mol. The van der Waals surface area contributed by atoms with Crippen molar-refractivity contribution in [2.75, 3.05) is 0 Å². The highest BCUT2D eigenvalue weighted by molar-refractivity contribution is 5.97. The highest BCUT2D eigenvalue weighted by Gasteiger charge is 2.03. The monoisotopic (exact) mass is 219 g/mol. The zero-order chi connectivity index (χ0) is 12.7. The first-order valence-electron chi connectivity index (χ1n) is 4.50. The van der Waals surface area contributed by atoms with Crippen LogP contribution in [0.25, 0.3) is 0 Å². The predicted octanol–water partition coefficient (Wildman–Crippen LogP) is 2.49. The molecule has 0 saturated heterocycles. The Hall–Kier alpha value is -2.28. The summed E-state index contributed by atoms with van der Waals surface area (Å²) < 4.78 is 0. The first kappa shape index (κ1) is 13.7. The van der Waals surface area contributed by atoms with Crippen LogP contribution in [0, 0.1) is 11.3 Å². The van der Waals surface area contributed by atoms with Crippen LogP contribution in [0.15, 0.2) is 47.5 Å². The van der Waals surface area contributed by atoms with Gasteiger partial charge < -0.3 is 10.2 Å². The summed E-state index contributed by atoms with van der Waals surface area (Å²) in [7, 11) is 0. The maximum absolute atomic E-state index is 11.0. The van der Waals surface area contributed by atoms with Gasteiger partial charge in [0.05, 0.1) is 5.57 Å². The molecule has 0 amide bonds. The largest absolute Gasteiger partial charge is 0.505 e. The van der Waals surface area contributed by atoms with Gasteiger partial charge in [-0.2, -0.15) is 5.26 Å². The predicted molar refractivity (Wildman–Crippen MR) is 60.6 cm³/mol. The van der Waals surface area contributed by atoms with E-state index in [1.165, 1.54) is 19.1 Å². The Labute approximate surface area is 94.1 Å². The molecule has 0 unspecified atom stereocenters. The quantitative estimate of drug-likeness (QED) is 0.329. The van der Waals surface area contributed by atoms with Crippen LogP contribution in [0.4, 0.5) is 0 Å². The molecule has 2 N–H and O–H groups in total. The van der Waals surface area contributed by atoms with Gasteiger partial charge in [0, 0.05) is 0 Å². The second-order valence-corrected chi connectivity index (χ2v) is 2.99. The fourth-order valence-corrected chi connectivity index (χ4v) is 0.829. The third kappa shape index (κ3) is 4.29. The zero-order valence-electron chi connectivity index (χ0n) is 9.19. The molecule has 4 nitrogen and oxygen atoms in total. The summed E-state index contributed by atoms with van der Waals surface area (Å²) in [4.78, 5) is 11.0. The summed E-state index contributed by atoms with van der Waals surface area (Å²) in [5, 5.41) is 26.8. The number of nitriles is 1. The number of hydrogen-bond acceptors (Lipinski definition) is 4. The molecule has 0 saturated carbocycles. The molecule has 0 spiro atoms. The summed E-state index contributed by atoms with van der Waals surface area (Å²) in [5.41, 5.74) is 0.403. The molecule has 0 atom stereocenters. The van der Waals surface area contributed by atoms with Crippen LogP contribution in [0.3, 0.4) is 0 Å². The molecular formula is C12H13NO3. The van der Waals surface area contributed by atoms with Gasteiger partial charge in [-0.05, 0) is 31.6 Å². The number of aliphatic hydroxyl groups excluding tert-OH is 2. The summed E-state index contributed by atoms with van der Waals surface area (Å²) >= 11 is 0. The van der Waals surface area contributed by atoms with Crippen molar-refractivity contribution in [2.24, 2.45) is 0 Å². The molecule has 0 radical (unpaired) electrons. The van der Waals surface area contributed by atoms with Gasteiger partial charge in [-0.15, -0.1) is 0 Å². The summed E-state index contributed by atoms with van der Waals surface area (Å²) in [5.74, 6) is -1.25. The Kier molecular flexibility index (Phi) is 5.36. The van der Waals surface area contributed by atoms with Crippen molar-refractivity contribution in [3.05, 3.63) is 47.5 Å². The Bertz CT molecular complexity index is 434. The normalized spacial score (nSPS) is 13.2. The van der Waals surface area contributed by atoms with E-state index in [1.54, 1.807) is 19.1 Å². The molecule has 0 heterocycles. The van der Waals surface area contributed by atoms with Crippen LogP contribution in [0.2, 0.25) is 0 Å². The van der Waals surface area contributed by atoms with Crippen LogP contribution >= 0.6 is 0 Å². The van der Waals surface area contributed by atoms with Crippen LogP contribution < -0.4 is 0 Å². The molecule has 0 rings (SSSR count). The van der Waals surface area contributed by atoms with E-state index in [0.29, 0.717) is 5.57 Å². The number of rotatable bonds is 4. The minimum Gasteiger partial charge on any atom is -0.505 e. The Morgan fingerprint density at radius 1 is 1.38 bits per heavy atom. The van der Waals surface area contributed by atoms with Crippen molar-refractivity contribution >= 4 is 5.78 Å². The highest BCUT2D eigenvalue weighted by Crippen LogP contribution is 2.10. The molecule has 4 heteroatoms. The Morgan fingerprint density at radius 3 is 2.25 bits per heavy atom. The van der Waals surface area contributed by atoms with E-state index in [1.807, 2.05) is 0 Å². The van der Waals surface area contributed by atoms with E-state index >= 15 is 0 Å². The average Bonchev–Trinajstić information content (AvgIpc) is 2.22. The van der Waals surface area contributed by atoms with Gasteiger partial charge in [-0.1, -0.05) is 12.7 Å². The van der Waals surface area contributed by atoms with E-state index in [0.717, 1.165) is 0 Å². The van der Waals surface area contributed by atoms with Crippen molar-refractivity contribution in [3.8, 4) is 6.07 Å². The van der Waals surface area contributed by atoms with Crippen molar-refractivity contribution in [3.63, 3.8) is 0 Å². The van der Waals surface area contributed by atoms with Gasteiger partial charge in [0.25, 0.3) is 0 Å². The lowest BCUT2D eigenvalue weighted by Crippen LogP contribution is -1.94. The molecule has 0 aromatic carbocycles. The summed E-state index contributed by atoms with van der Waals surface area (Å²) in [6.45, 7) is 6.08. The topological polar surface area (TPSA) is 81.3 Å². The van der Waals surface area contributed by atoms with Crippen LogP contribution in [-0.4, -0.2) is 16.0 Å². The second-order valence-electron chi connectivity index (χ2n) is 2.99. The molecule has 0 aliphatic carbocycles. The van der Waals surface area contributed by atoms with Gasteiger partial charge in [0.15, 0.2) is 11.5 Å². The van der Waals surface area contributed by atoms with Gasteiger partial charge in [0.2, 0.25) is 0 Å². The number of hydrogen-bond donors (Lipinski definition) is 2. The fourth-order valence-electron chi connectivity index (χ4n) is 0.829. The molecule has 0 aromatic rings. The van der Waals surface area contributed by atoms with E-state index in [9.17, 15) is 9.90 Å². The zero-order valence-corrected chi connectivity index (χ0v) is 9.19. The van der Waals surface area contributed by atoms with E-state index in [-0.39, 0.29) is 11.4 Å². The number of carbonyl (C=O) groups is 1. The molecular weight excluding hydrogens is 206 g/mol. The number of Topliss-reactive ketones (excluding diaryl/α,β-unsaturated/α-hetero) is 1. The molecule has 0 bridgehead atoms. The smallest absolute Gasteiger partial charge is 0.170 e. The van der Waals surface area contributed by atoms with Gasteiger partial charge in [-0.3, -0.25) is 4.79 Å². The second kappa shape index (κ2) is 6.25. The van der Waals surface area contributed by atoms with E-state index in [4.69, 9.17) is 10.4 Å². The fraction of sp³-hybridized carbons (Fsp3) is 0.167. The van der Waals surface area contributed by atoms with Crippen molar-refractivity contribution < 1.29 is 15.0 Å². The molecule has 16 heavy (non-hydrogen) atoms. The SMILES string of the molecule is C=C(O)\C(O)=C/C(=C\C)/C=C(\C#N)C(C)=O. The van der Waals surface area contributed by atoms with Gasteiger partial charge in [-0.25, -0.2) is 0 Å². The Balaban J connectivity index is 5.23. The molecule has 0 aromatic heterocycles. The summed E-state index contributed by atoms with van der Waals surface area (Å²) in [6.07, 6.45) is 4.11. The lowest BCUT2D eigenvalue weighted by molar-refractivity contribution is -0.113. The number of ketones is 1. The van der Waals surface area contributed by atoms with Crippen molar-refractivity contribution in [2.45, 2.75) is 13.8 Å². The van der Waals surface area contributed by atoms with Crippen LogP contribution in [-0.2, 0) is 4.79 Å².